The van der Waals surface area contributed by atoms with E-state index in [1.165, 1.54) is 48.7 Å². The Morgan fingerprint density at radius 2 is 0.519 bits per heavy atom. The predicted molar refractivity (Wildman–Crippen MR) is 450 cm³/mol. The lowest BCUT2D eigenvalue weighted by Crippen LogP contribution is -2.07. The normalized spacial score (nSPS) is 9.83. The van der Waals surface area contributed by atoms with Gasteiger partial charge in [0.1, 0.15) is 6.61 Å². The van der Waals surface area contributed by atoms with Crippen molar-refractivity contribution in [3.63, 3.8) is 0 Å². The summed E-state index contributed by atoms with van der Waals surface area (Å²) in [6.07, 6.45) is 62.2. The number of rotatable bonds is 30. The van der Waals surface area contributed by atoms with Gasteiger partial charge in [0.05, 0.1) is 31.2 Å². The van der Waals surface area contributed by atoms with Crippen LogP contribution >= 0.6 is 0 Å². The molecule has 6 nitrogen and oxygen atoms in total. The molecule has 0 unspecified atom stereocenters. The van der Waals surface area contributed by atoms with Gasteiger partial charge in [0.15, 0.2) is 0 Å². The molecule has 0 aliphatic heterocycles. The molecule has 104 heavy (non-hydrogen) atoms. The van der Waals surface area contributed by atoms with Gasteiger partial charge in [-0.15, -0.1) is 56.3 Å². The average molecular weight is 1400 g/mol. The summed E-state index contributed by atoms with van der Waals surface area (Å²) < 4.78 is 21.8. The number of anilines is 2. The molecule has 552 valence electrons. The molecule has 0 spiro atoms. The van der Waals surface area contributed by atoms with E-state index in [1.54, 1.807) is 0 Å². The quantitative estimate of drug-likeness (QED) is 0.0254. The maximum atomic E-state index is 5.59. The second-order valence-corrected chi connectivity index (χ2v) is 28.3. The first-order valence-corrected chi connectivity index (χ1v) is 36.7. The summed E-state index contributed by atoms with van der Waals surface area (Å²) in [6.45, 7) is 40.7. The molecule has 0 atom stereocenters. The van der Waals surface area contributed by atoms with E-state index in [1.807, 2.05) is 72.8 Å². The van der Waals surface area contributed by atoms with Gasteiger partial charge in [-0.2, -0.15) is 0 Å². The average Bonchev–Trinajstić information content (AvgIpc) is 0.893. The summed E-state index contributed by atoms with van der Waals surface area (Å²) in [5.74, 6) is 21.0. The van der Waals surface area contributed by atoms with Gasteiger partial charge in [-0.3, -0.25) is 0 Å². The summed E-state index contributed by atoms with van der Waals surface area (Å²) in [5, 5.41) is 0. The molecule has 6 aromatic rings. The van der Waals surface area contributed by atoms with Crippen LogP contribution in [0.25, 0.3) is 0 Å². The Labute approximate surface area is 636 Å². The topological polar surface area (TPSA) is 43.4 Å². The van der Waals surface area contributed by atoms with E-state index >= 15 is 0 Å². The van der Waals surface area contributed by atoms with E-state index in [4.69, 9.17) is 83.2 Å². The third-order valence-corrected chi connectivity index (χ3v) is 14.6. The molecule has 0 radical (unpaired) electrons. The summed E-state index contributed by atoms with van der Waals surface area (Å²) in [6, 6.07) is 58.5. The van der Waals surface area contributed by atoms with Crippen LogP contribution in [0, 0.1) is 171 Å². The second-order valence-electron chi connectivity index (χ2n) is 28.3. The fourth-order valence-electron chi connectivity index (χ4n) is 8.74. The van der Waals surface area contributed by atoms with E-state index in [0.717, 1.165) is 118 Å². The van der Waals surface area contributed by atoms with E-state index in [0.29, 0.717) is 74.3 Å². The molecule has 6 rings (SSSR count). The summed E-state index contributed by atoms with van der Waals surface area (Å²) >= 11 is 0. The first-order chi connectivity index (χ1) is 49.8. The van der Waals surface area contributed by atoms with Crippen molar-refractivity contribution in [2.45, 2.75) is 195 Å². The Balaban J connectivity index is 0. The summed E-state index contributed by atoms with van der Waals surface area (Å²) in [4.78, 5) is 2.84. The van der Waals surface area contributed by atoms with Gasteiger partial charge in [0.2, 0.25) is 0 Å². The van der Waals surface area contributed by atoms with Crippen molar-refractivity contribution in [1.29, 1.82) is 0 Å². The molecular formula is C98H126N2O4. The Kier molecular flexibility index (Phi) is 58.5. The minimum Gasteiger partial charge on any atom is -0.377 e. The van der Waals surface area contributed by atoms with E-state index < -0.39 is 0 Å². The molecule has 0 aliphatic carbocycles. The van der Waals surface area contributed by atoms with Crippen LogP contribution < -0.4 is 9.80 Å². The number of ether oxygens (including phenoxy) is 4. The smallest absolute Gasteiger partial charge is 0.107 e. The zero-order chi connectivity index (χ0) is 78.3. The fraction of sp³-hybridized carbons (Fsp3) is 0.429. The Morgan fingerprint density at radius 1 is 0.269 bits per heavy atom. The fourth-order valence-corrected chi connectivity index (χ4v) is 8.74. The van der Waals surface area contributed by atoms with Crippen molar-refractivity contribution in [2.75, 3.05) is 42.8 Å². The first-order valence-electron chi connectivity index (χ1n) is 36.7. The van der Waals surface area contributed by atoms with Gasteiger partial charge in [-0.1, -0.05) is 251 Å². The van der Waals surface area contributed by atoms with Crippen LogP contribution in [-0.4, -0.2) is 33.0 Å². The van der Waals surface area contributed by atoms with Gasteiger partial charge in [-0.25, -0.2) is 9.80 Å². The lowest BCUT2D eigenvalue weighted by Gasteiger charge is -2.10. The molecule has 6 heteroatoms. The maximum absolute atomic E-state index is 5.59. The minimum absolute atomic E-state index is 0.451. The molecule has 0 N–H and O–H groups in total. The number of nitrogens with zero attached hydrogens (tertiary/aromatic N) is 2. The zero-order valence-electron chi connectivity index (χ0n) is 66.5. The molecule has 0 saturated heterocycles. The van der Waals surface area contributed by atoms with E-state index in [2.05, 4.69) is 243 Å². The van der Waals surface area contributed by atoms with Gasteiger partial charge >= 0.3 is 0 Å². The summed E-state index contributed by atoms with van der Waals surface area (Å²) in [7, 11) is 0. The van der Waals surface area contributed by atoms with Crippen LogP contribution in [0.1, 0.15) is 199 Å². The lowest BCUT2D eigenvalue weighted by atomic mass is 10.0. The van der Waals surface area contributed by atoms with Crippen molar-refractivity contribution in [3.05, 3.63) is 201 Å². The standard InChI is InChI=1S/C16H19NO.C15H20O.C14H15N.C14H18O.C13H16.C12H14.C8H14O.C6H10/c1-5-17(6-2)16-9-7-15(8-10-16)13-18-12-11-14(3)4;1-4-5-14-6-8-15(9-7-14)12-16-11-10-13(2)3;1-5-15(6-2)14-9-7-13(8-10-14)11-12(3)4;1-4-13-5-7-14(8-6-13)11-15-10-9-12(2)3;1-4-5-12-6-8-13(9-7-12)10-11(2)3;1-4-11-5-7-12(8-6-11)9-10(2)3;1-4-6-9-7-5-8(2)3;1-4-5-6(2)3/h1-2,7-10,14H,11-13H2,3-4H3;1,6-9,13H,5,10-12H2,2-3H3;1-2,7-10,12H,11H2,3-4H3;1,5-8,12H,9-11H2,2-3H3;1,6-9,11H,5,10H2,2-3H3;1,5-8,10H,9H2,2-3H3;1,8H,5-7H2,2-3H3;1,6H,5H2,2-3H3. The SMILES string of the molecule is C#CCC(C)C.C#CCOCCC(C)C.C#CCc1ccc(CC(C)C)cc1.C#CCc1ccc(COCCC(C)C)cc1.C#CN(C#C)c1ccc(CC(C)C)cc1.C#CN(C#C)c1ccc(COCCC(C)C)cc1.C#Cc1ccc(CC(C)C)cc1.C#Cc1ccc(COCCC(C)C)cc1. The highest BCUT2D eigenvalue weighted by Crippen LogP contribution is 2.18. The van der Waals surface area contributed by atoms with Crippen molar-refractivity contribution in [3.8, 4) is 124 Å². The maximum Gasteiger partial charge on any atom is 0.107 e. The van der Waals surface area contributed by atoms with Crippen LogP contribution in [-0.2, 0) is 70.9 Å². The van der Waals surface area contributed by atoms with Crippen LogP contribution in [0.15, 0.2) is 146 Å². The molecular weight excluding hydrogens is 1270 g/mol. The van der Waals surface area contributed by atoms with E-state index in [9.17, 15) is 0 Å². The van der Waals surface area contributed by atoms with Crippen LogP contribution in [0.2, 0.25) is 0 Å². The van der Waals surface area contributed by atoms with Crippen molar-refractivity contribution < 1.29 is 18.9 Å². The molecule has 0 aromatic heterocycles. The zero-order valence-corrected chi connectivity index (χ0v) is 66.5. The Bertz CT molecular complexity index is 3540. The number of hydrogen-bond acceptors (Lipinski definition) is 6. The van der Waals surface area contributed by atoms with Crippen LogP contribution in [0.4, 0.5) is 11.4 Å². The number of terminal acetylenes is 10. The molecule has 0 saturated carbocycles. The second kappa shape index (κ2) is 63.1. The molecule has 0 aliphatic rings. The highest BCUT2D eigenvalue weighted by molar-refractivity contribution is 5.58. The largest absolute Gasteiger partial charge is 0.377 e. The van der Waals surface area contributed by atoms with Gasteiger partial charge < -0.3 is 18.9 Å². The van der Waals surface area contributed by atoms with E-state index in [-0.39, 0.29) is 0 Å². The predicted octanol–water partition coefficient (Wildman–Crippen LogP) is 22.0. The van der Waals surface area contributed by atoms with Crippen LogP contribution in [0.3, 0.4) is 0 Å². The number of hydrogen-bond donors (Lipinski definition) is 0. The molecule has 0 amide bonds. The van der Waals surface area contributed by atoms with Crippen LogP contribution in [0.5, 0.6) is 0 Å². The molecule has 0 bridgehead atoms. The number of benzene rings is 6. The third-order valence-electron chi connectivity index (χ3n) is 14.6. The van der Waals surface area contributed by atoms with Crippen molar-refractivity contribution in [2.24, 2.45) is 47.3 Å². The van der Waals surface area contributed by atoms with Gasteiger partial charge in [-0.05, 0) is 185 Å². The molecule has 0 fully saturated rings. The minimum atomic E-state index is 0.451. The Hall–Kier alpha value is -9.64. The molecule has 0 heterocycles. The van der Waals surface area contributed by atoms with Crippen molar-refractivity contribution in [1.82, 2.24) is 0 Å². The monoisotopic (exact) mass is 1390 g/mol. The van der Waals surface area contributed by atoms with Crippen molar-refractivity contribution >= 4 is 11.4 Å². The first kappa shape index (κ1) is 96.4. The van der Waals surface area contributed by atoms with Gasteiger partial charge in [0.25, 0.3) is 0 Å². The highest BCUT2D eigenvalue weighted by atomic mass is 16.5. The lowest BCUT2D eigenvalue weighted by molar-refractivity contribution is 0.110. The molecule has 6 aromatic carbocycles. The van der Waals surface area contributed by atoms with Gasteiger partial charge in [0, 0.05) is 81.0 Å². The highest BCUT2D eigenvalue weighted by Gasteiger charge is 2.05. The summed E-state index contributed by atoms with van der Waals surface area (Å²) in [5.41, 5.74) is 13.6. The third kappa shape index (κ3) is 55.0. The Morgan fingerprint density at radius 3 is 0.750 bits per heavy atom.